The number of amides is 1. The Balaban J connectivity index is 2.72. The van der Waals surface area contributed by atoms with E-state index in [1.165, 1.54) is 0 Å². The first-order valence-corrected chi connectivity index (χ1v) is 5.52. The molecule has 1 aromatic rings. The molecule has 0 atom stereocenters. The van der Waals surface area contributed by atoms with Crippen LogP contribution >= 0.6 is 0 Å². The molecule has 0 spiro atoms. The third kappa shape index (κ3) is 4.43. The molecule has 0 saturated heterocycles. The maximum Gasteiger partial charge on any atom is 0.419 e. The standard InChI is InChI=1S/C11H10F4N4O/c12-9-3-2-7(6-8(9)11(13,14)15)10(20)17-4-1-5-18-19-16/h2-3,6H,1,4-5H2,(H,17,20). The molecule has 108 valence electrons. The van der Waals surface area contributed by atoms with E-state index in [2.05, 4.69) is 15.3 Å². The van der Waals surface area contributed by atoms with Crippen molar-refractivity contribution in [3.63, 3.8) is 0 Å². The number of azide groups is 1. The van der Waals surface area contributed by atoms with Crippen molar-refractivity contribution in [2.45, 2.75) is 12.6 Å². The first-order chi connectivity index (χ1) is 9.36. The zero-order chi connectivity index (χ0) is 15.2. The van der Waals surface area contributed by atoms with Crippen molar-refractivity contribution in [1.82, 2.24) is 5.32 Å². The van der Waals surface area contributed by atoms with E-state index in [-0.39, 0.29) is 18.7 Å². The van der Waals surface area contributed by atoms with Crippen LogP contribution in [-0.4, -0.2) is 19.0 Å². The van der Waals surface area contributed by atoms with Crippen LogP contribution in [0.4, 0.5) is 17.6 Å². The summed E-state index contributed by atoms with van der Waals surface area (Å²) in [4.78, 5) is 14.1. The number of halogens is 4. The molecule has 20 heavy (non-hydrogen) atoms. The van der Waals surface area contributed by atoms with Crippen LogP contribution in [-0.2, 0) is 6.18 Å². The summed E-state index contributed by atoms with van der Waals surface area (Å²) in [6.45, 7) is 0.296. The molecule has 0 aromatic heterocycles. The van der Waals surface area contributed by atoms with E-state index in [4.69, 9.17) is 5.53 Å². The molecule has 0 unspecified atom stereocenters. The van der Waals surface area contributed by atoms with Gasteiger partial charge in [-0.25, -0.2) is 4.39 Å². The highest BCUT2D eigenvalue weighted by Gasteiger charge is 2.34. The van der Waals surface area contributed by atoms with E-state index < -0.39 is 23.5 Å². The lowest BCUT2D eigenvalue weighted by molar-refractivity contribution is -0.140. The number of rotatable bonds is 5. The average molecular weight is 290 g/mol. The Morgan fingerprint density at radius 2 is 2.10 bits per heavy atom. The van der Waals surface area contributed by atoms with Crippen LogP contribution in [0.5, 0.6) is 0 Å². The first-order valence-electron chi connectivity index (χ1n) is 5.52. The van der Waals surface area contributed by atoms with Crippen LogP contribution in [0.3, 0.4) is 0 Å². The molecule has 0 saturated carbocycles. The van der Waals surface area contributed by atoms with Crippen LogP contribution in [0, 0.1) is 5.82 Å². The van der Waals surface area contributed by atoms with E-state index in [1.54, 1.807) is 0 Å². The smallest absolute Gasteiger partial charge is 0.352 e. The molecule has 0 aliphatic rings. The summed E-state index contributed by atoms with van der Waals surface area (Å²) in [7, 11) is 0. The predicted octanol–water partition coefficient (Wildman–Crippen LogP) is 3.27. The van der Waals surface area contributed by atoms with Crippen LogP contribution in [0.1, 0.15) is 22.3 Å². The lowest BCUT2D eigenvalue weighted by atomic mass is 10.1. The number of nitrogens with zero attached hydrogens (tertiary/aromatic N) is 3. The Labute approximate surface area is 111 Å². The van der Waals surface area contributed by atoms with Crippen molar-refractivity contribution in [2.24, 2.45) is 5.11 Å². The van der Waals surface area contributed by atoms with Gasteiger partial charge < -0.3 is 5.32 Å². The molecule has 0 aliphatic carbocycles. The maximum absolute atomic E-state index is 13.0. The Kier molecular flexibility index (Phi) is 5.33. The second-order valence-electron chi connectivity index (χ2n) is 3.76. The zero-order valence-corrected chi connectivity index (χ0v) is 10.1. The maximum atomic E-state index is 13.0. The Morgan fingerprint density at radius 3 is 2.70 bits per heavy atom. The van der Waals surface area contributed by atoms with Gasteiger partial charge in [0.05, 0.1) is 5.56 Å². The fraction of sp³-hybridized carbons (Fsp3) is 0.364. The molecule has 1 N–H and O–H groups in total. The first kappa shape index (κ1) is 15.8. The quantitative estimate of drug-likeness (QED) is 0.292. The van der Waals surface area contributed by atoms with Gasteiger partial charge in [0.25, 0.3) is 5.91 Å². The van der Waals surface area contributed by atoms with Crippen molar-refractivity contribution in [3.8, 4) is 0 Å². The number of alkyl halides is 3. The Bertz CT molecular complexity index is 538. The van der Waals surface area contributed by atoms with Gasteiger partial charge in [0.15, 0.2) is 0 Å². The summed E-state index contributed by atoms with van der Waals surface area (Å²) in [5.74, 6) is -2.19. The minimum absolute atomic E-state index is 0.135. The Hall–Kier alpha value is -2.28. The normalized spacial score (nSPS) is 10.8. The molecule has 1 aromatic carbocycles. The fourth-order valence-electron chi connectivity index (χ4n) is 1.38. The van der Waals surface area contributed by atoms with Crippen molar-refractivity contribution in [2.75, 3.05) is 13.1 Å². The van der Waals surface area contributed by atoms with Gasteiger partial charge >= 0.3 is 6.18 Å². The van der Waals surface area contributed by atoms with Gasteiger partial charge in [0, 0.05) is 23.6 Å². The van der Waals surface area contributed by atoms with Gasteiger partial charge in [-0.05, 0) is 30.2 Å². The Morgan fingerprint density at radius 1 is 1.40 bits per heavy atom. The summed E-state index contributed by atoms with van der Waals surface area (Å²) in [5.41, 5.74) is 6.24. The minimum atomic E-state index is -4.86. The summed E-state index contributed by atoms with van der Waals surface area (Å²) < 4.78 is 50.4. The van der Waals surface area contributed by atoms with Gasteiger partial charge in [0.2, 0.25) is 0 Å². The largest absolute Gasteiger partial charge is 0.419 e. The average Bonchev–Trinajstić information content (AvgIpc) is 2.37. The summed E-state index contributed by atoms with van der Waals surface area (Å²) in [5, 5.41) is 5.57. The van der Waals surface area contributed by atoms with Crippen LogP contribution in [0.15, 0.2) is 23.3 Å². The van der Waals surface area contributed by atoms with E-state index in [9.17, 15) is 22.4 Å². The lowest BCUT2D eigenvalue weighted by Gasteiger charge is -2.10. The van der Waals surface area contributed by atoms with Gasteiger partial charge in [-0.3, -0.25) is 4.79 Å². The summed E-state index contributed by atoms with van der Waals surface area (Å²) in [6.07, 6.45) is -4.51. The monoisotopic (exact) mass is 290 g/mol. The van der Waals surface area contributed by atoms with Crippen molar-refractivity contribution < 1.29 is 22.4 Å². The molecule has 9 heteroatoms. The fourth-order valence-corrected chi connectivity index (χ4v) is 1.38. The summed E-state index contributed by atoms with van der Waals surface area (Å²) >= 11 is 0. The molecule has 5 nitrogen and oxygen atoms in total. The zero-order valence-electron chi connectivity index (χ0n) is 10.1. The second-order valence-corrected chi connectivity index (χ2v) is 3.76. The molecular formula is C11H10F4N4O. The van der Waals surface area contributed by atoms with E-state index in [0.29, 0.717) is 18.6 Å². The number of nitrogens with one attached hydrogen (secondary N) is 1. The highest BCUT2D eigenvalue weighted by atomic mass is 19.4. The molecule has 0 aliphatic heterocycles. The number of benzene rings is 1. The molecule has 0 bridgehead atoms. The molecule has 0 heterocycles. The molecule has 1 rings (SSSR count). The van der Waals surface area contributed by atoms with Gasteiger partial charge in [-0.2, -0.15) is 13.2 Å². The van der Waals surface area contributed by atoms with E-state index in [0.717, 1.165) is 6.07 Å². The SMILES string of the molecule is [N-]=[N+]=NCCCNC(=O)c1ccc(F)c(C(F)(F)F)c1. The van der Waals surface area contributed by atoms with Crippen LogP contribution in [0.25, 0.3) is 10.4 Å². The predicted molar refractivity (Wildman–Crippen MR) is 62.4 cm³/mol. The van der Waals surface area contributed by atoms with Crippen LogP contribution in [0.2, 0.25) is 0 Å². The van der Waals surface area contributed by atoms with Gasteiger partial charge in [0.1, 0.15) is 5.82 Å². The van der Waals surface area contributed by atoms with Crippen molar-refractivity contribution in [1.29, 1.82) is 0 Å². The van der Waals surface area contributed by atoms with Gasteiger partial charge in [-0.15, -0.1) is 0 Å². The highest BCUT2D eigenvalue weighted by molar-refractivity contribution is 5.94. The minimum Gasteiger partial charge on any atom is -0.352 e. The number of hydrogen-bond acceptors (Lipinski definition) is 2. The molecule has 0 fully saturated rings. The number of carbonyl (C=O) groups excluding carboxylic acids is 1. The van der Waals surface area contributed by atoms with Crippen molar-refractivity contribution >= 4 is 5.91 Å². The third-order valence-electron chi connectivity index (χ3n) is 2.32. The number of hydrogen-bond donors (Lipinski definition) is 1. The molecule has 1 amide bonds. The van der Waals surface area contributed by atoms with Gasteiger partial charge in [-0.1, -0.05) is 5.11 Å². The second kappa shape index (κ2) is 6.76. The summed E-state index contributed by atoms with van der Waals surface area (Å²) in [6, 6.07) is 2.02. The van der Waals surface area contributed by atoms with E-state index >= 15 is 0 Å². The topological polar surface area (TPSA) is 77.9 Å². The van der Waals surface area contributed by atoms with Crippen molar-refractivity contribution in [3.05, 3.63) is 45.6 Å². The third-order valence-corrected chi connectivity index (χ3v) is 2.32. The molecular weight excluding hydrogens is 280 g/mol. The molecule has 0 radical (unpaired) electrons. The highest BCUT2D eigenvalue weighted by Crippen LogP contribution is 2.31. The number of carbonyl (C=O) groups is 1. The lowest BCUT2D eigenvalue weighted by Crippen LogP contribution is -2.25. The van der Waals surface area contributed by atoms with Crippen LogP contribution < -0.4 is 5.32 Å². The van der Waals surface area contributed by atoms with E-state index in [1.807, 2.05) is 0 Å².